The van der Waals surface area contributed by atoms with Crippen LogP contribution in [0.2, 0.25) is 0 Å². The summed E-state index contributed by atoms with van der Waals surface area (Å²) in [7, 11) is 0. The number of rotatable bonds is 5. The molecule has 0 saturated carbocycles. The number of carbonyl (C=O) groups is 1. The minimum absolute atomic E-state index is 0.117. The predicted octanol–water partition coefficient (Wildman–Crippen LogP) is 4.46. The minimum atomic E-state index is 0.117. The number of nitrogens with zero attached hydrogens (tertiary/aromatic N) is 2. The maximum Gasteiger partial charge on any atom is 0.173 e. The van der Waals surface area contributed by atoms with Crippen LogP contribution >= 0.6 is 11.8 Å². The summed E-state index contributed by atoms with van der Waals surface area (Å²) in [5, 5.41) is 0.836. The highest BCUT2D eigenvalue weighted by atomic mass is 32.2. The summed E-state index contributed by atoms with van der Waals surface area (Å²) in [6.07, 6.45) is 3.72. The van der Waals surface area contributed by atoms with E-state index in [1.54, 1.807) is 6.20 Å². The molecule has 0 atom stereocenters. The second-order valence-corrected chi connectivity index (χ2v) is 6.32. The summed E-state index contributed by atoms with van der Waals surface area (Å²) in [6, 6.07) is 15.6. The molecule has 0 aliphatic carbocycles. The Hall–Kier alpha value is -2.33. The Kier molecular flexibility index (Phi) is 4.63. The normalized spacial score (nSPS) is 10.7. The number of benzene rings is 2. The van der Waals surface area contributed by atoms with E-state index < -0.39 is 0 Å². The van der Waals surface area contributed by atoms with Crippen molar-refractivity contribution in [2.45, 2.75) is 19.0 Å². The van der Waals surface area contributed by atoms with E-state index in [2.05, 4.69) is 31.0 Å². The van der Waals surface area contributed by atoms with Gasteiger partial charge in [0, 0.05) is 18.0 Å². The first-order valence-corrected chi connectivity index (χ1v) is 8.46. The van der Waals surface area contributed by atoms with Crippen molar-refractivity contribution in [1.29, 1.82) is 0 Å². The van der Waals surface area contributed by atoms with Gasteiger partial charge in [0.05, 0.1) is 11.4 Å². The Morgan fingerprint density at radius 1 is 1.09 bits per heavy atom. The molecule has 0 amide bonds. The highest BCUT2D eigenvalue weighted by Crippen LogP contribution is 2.24. The van der Waals surface area contributed by atoms with Gasteiger partial charge in [0.15, 0.2) is 10.9 Å². The molecule has 0 bridgehead atoms. The van der Waals surface area contributed by atoms with Crippen molar-refractivity contribution in [3.05, 3.63) is 77.6 Å². The topological polar surface area (TPSA) is 34.9 Å². The molecule has 0 aliphatic rings. The molecule has 23 heavy (non-hydrogen) atoms. The van der Waals surface area contributed by atoms with Crippen molar-refractivity contribution in [3.63, 3.8) is 0 Å². The second kappa shape index (κ2) is 6.84. The van der Waals surface area contributed by atoms with Crippen molar-refractivity contribution >= 4 is 17.5 Å². The first kappa shape index (κ1) is 15.6. The third-order valence-electron chi connectivity index (χ3n) is 3.87. The summed E-state index contributed by atoms with van der Waals surface area (Å²) in [5.41, 5.74) is 4.32. The minimum Gasteiger partial charge on any atom is -0.295 e. The van der Waals surface area contributed by atoms with Crippen molar-refractivity contribution in [2.24, 2.45) is 0 Å². The van der Waals surface area contributed by atoms with Gasteiger partial charge in [-0.3, -0.25) is 9.36 Å². The fourth-order valence-corrected chi connectivity index (χ4v) is 3.27. The van der Waals surface area contributed by atoms with Gasteiger partial charge in [0.1, 0.15) is 0 Å². The lowest BCUT2D eigenvalue weighted by atomic mass is 10.1. The van der Waals surface area contributed by atoms with Gasteiger partial charge in [-0.15, -0.1) is 0 Å². The molecule has 3 aromatic rings. The van der Waals surface area contributed by atoms with Gasteiger partial charge in [0.2, 0.25) is 0 Å². The summed E-state index contributed by atoms with van der Waals surface area (Å²) >= 11 is 1.47. The maximum absolute atomic E-state index is 12.3. The molecular weight excluding hydrogens is 304 g/mol. The monoisotopic (exact) mass is 322 g/mol. The highest BCUT2D eigenvalue weighted by molar-refractivity contribution is 7.99. The number of aromatic nitrogens is 2. The van der Waals surface area contributed by atoms with Crippen LogP contribution < -0.4 is 0 Å². The van der Waals surface area contributed by atoms with Gasteiger partial charge < -0.3 is 0 Å². The zero-order valence-corrected chi connectivity index (χ0v) is 14.0. The number of hydrogen-bond acceptors (Lipinski definition) is 3. The molecule has 0 N–H and O–H groups in total. The number of carbonyl (C=O) groups excluding carboxylic acids is 1. The molecule has 4 heteroatoms. The second-order valence-electron chi connectivity index (χ2n) is 5.38. The lowest BCUT2D eigenvalue weighted by molar-refractivity contribution is 0.102. The van der Waals surface area contributed by atoms with Crippen molar-refractivity contribution in [2.75, 3.05) is 5.75 Å². The van der Waals surface area contributed by atoms with Gasteiger partial charge in [-0.2, -0.15) is 0 Å². The fraction of sp³-hybridized carbons (Fsp3) is 0.158. The largest absolute Gasteiger partial charge is 0.295 e. The zero-order chi connectivity index (χ0) is 16.2. The molecular formula is C19H18N2OS. The first-order chi connectivity index (χ1) is 11.2. The summed E-state index contributed by atoms with van der Waals surface area (Å²) in [4.78, 5) is 16.7. The predicted molar refractivity (Wildman–Crippen MR) is 94.5 cm³/mol. The van der Waals surface area contributed by atoms with E-state index in [1.807, 2.05) is 47.2 Å². The van der Waals surface area contributed by atoms with Crippen LogP contribution in [0.25, 0.3) is 5.69 Å². The van der Waals surface area contributed by atoms with Gasteiger partial charge in [0.25, 0.3) is 0 Å². The molecule has 116 valence electrons. The Labute approximate surface area is 140 Å². The average Bonchev–Trinajstić information content (AvgIpc) is 3.04. The fourth-order valence-electron chi connectivity index (χ4n) is 2.41. The highest BCUT2D eigenvalue weighted by Gasteiger charge is 2.12. The standard InChI is InChI=1S/C19H18N2OS/c1-14-7-6-10-17(15(14)2)21-12-11-20-19(21)23-13-18(22)16-8-4-3-5-9-16/h3-12H,13H2,1-2H3. The van der Waals surface area contributed by atoms with E-state index in [1.165, 1.54) is 22.9 Å². The summed E-state index contributed by atoms with van der Waals surface area (Å²) < 4.78 is 2.05. The van der Waals surface area contributed by atoms with Crippen LogP contribution in [-0.2, 0) is 0 Å². The van der Waals surface area contributed by atoms with E-state index >= 15 is 0 Å². The molecule has 0 radical (unpaired) electrons. The maximum atomic E-state index is 12.3. The van der Waals surface area contributed by atoms with Crippen molar-refractivity contribution in [1.82, 2.24) is 9.55 Å². The summed E-state index contributed by atoms with van der Waals surface area (Å²) in [5.74, 6) is 0.498. The summed E-state index contributed by atoms with van der Waals surface area (Å²) in [6.45, 7) is 4.20. The number of imidazole rings is 1. The van der Waals surface area contributed by atoms with Gasteiger partial charge >= 0.3 is 0 Å². The SMILES string of the molecule is Cc1cccc(-n2ccnc2SCC(=O)c2ccccc2)c1C. The van der Waals surface area contributed by atoms with Gasteiger partial charge in [-0.25, -0.2) is 4.98 Å². The molecule has 2 aromatic carbocycles. The van der Waals surface area contributed by atoms with E-state index in [4.69, 9.17) is 0 Å². The Balaban J connectivity index is 1.79. The van der Waals surface area contributed by atoms with E-state index in [-0.39, 0.29) is 5.78 Å². The Bertz CT molecular complexity index is 824. The van der Waals surface area contributed by atoms with Gasteiger partial charge in [-0.1, -0.05) is 54.2 Å². The molecule has 3 rings (SSSR count). The van der Waals surface area contributed by atoms with E-state index in [0.717, 1.165) is 16.4 Å². The zero-order valence-electron chi connectivity index (χ0n) is 13.2. The van der Waals surface area contributed by atoms with Crippen molar-refractivity contribution in [3.8, 4) is 5.69 Å². The molecule has 0 unspecified atom stereocenters. The number of aryl methyl sites for hydroxylation is 1. The number of thioether (sulfide) groups is 1. The van der Waals surface area contributed by atoms with Crippen molar-refractivity contribution < 1.29 is 4.79 Å². The Morgan fingerprint density at radius 2 is 1.87 bits per heavy atom. The molecule has 0 saturated heterocycles. The van der Waals surface area contributed by atoms with Crippen LogP contribution in [0.1, 0.15) is 21.5 Å². The lowest BCUT2D eigenvalue weighted by Crippen LogP contribution is -2.04. The van der Waals surface area contributed by atoms with Crippen LogP contribution in [-0.4, -0.2) is 21.1 Å². The number of hydrogen-bond donors (Lipinski definition) is 0. The third kappa shape index (κ3) is 3.37. The van der Waals surface area contributed by atoms with Crippen LogP contribution in [0.4, 0.5) is 0 Å². The lowest BCUT2D eigenvalue weighted by Gasteiger charge is -2.12. The number of Topliss-reactive ketones (excluding diaryl/α,β-unsaturated/α-hetero) is 1. The van der Waals surface area contributed by atoms with Crippen LogP contribution in [0.15, 0.2) is 66.1 Å². The molecule has 1 heterocycles. The average molecular weight is 322 g/mol. The van der Waals surface area contributed by atoms with Crippen LogP contribution in [0.3, 0.4) is 0 Å². The van der Waals surface area contributed by atoms with E-state index in [9.17, 15) is 4.79 Å². The molecule has 0 aliphatic heterocycles. The van der Waals surface area contributed by atoms with Crippen LogP contribution in [0.5, 0.6) is 0 Å². The molecule has 0 fully saturated rings. The molecule has 1 aromatic heterocycles. The smallest absolute Gasteiger partial charge is 0.173 e. The number of ketones is 1. The van der Waals surface area contributed by atoms with Gasteiger partial charge in [-0.05, 0) is 31.0 Å². The molecule has 0 spiro atoms. The van der Waals surface area contributed by atoms with Crippen LogP contribution in [0, 0.1) is 13.8 Å². The molecule has 3 nitrogen and oxygen atoms in total. The Morgan fingerprint density at radius 3 is 2.65 bits per heavy atom. The van der Waals surface area contributed by atoms with E-state index in [0.29, 0.717) is 5.75 Å². The first-order valence-electron chi connectivity index (χ1n) is 7.48. The third-order valence-corrected chi connectivity index (χ3v) is 4.84. The quantitative estimate of drug-likeness (QED) is 0.514.